The van der Waals surface area contributed by atoms with Gasteiger partial charge in [0.15, 0.2) is 0 Å². The number of rotatable bonds is 6. The summed E-state index contributed by atoms with van der Waals surface area (Å²) in [5, 5.41) is 8.60. The maximum atomic E-state index is 12.8. The van der Waals surface area contributed by atoms with Crippen LogP contribution >= 0.6 is 0 Å². The number of nitrogens with one attached hydrogen (secondary N) is 3. The Morgan fingerprint density at radius 1 is 0.968 bits per heavy atom. The molecule has 2 aromatic carbocycles. The van der Waals surface area contributed by atoms with Crippen molar-refractivity contribution >= 4 is 29.1 Å². The Labute approximate surface area is 180 Å². The smallest absolute Gasteiger partial charge is 0.257 e. The zero-order chi connectivity index (χ0) is 22.1. The molecule has 8 nitrogen and oxygen atoms in total. The van der Waals surface area contributed by atoms with E-state index in [0.717, 1.165) is 5.56 Å². The second-order valence-corrected chi connectivity index (χ2v) is 6.59. The van der Waals surface area contributed by atoms with Crippen molar-refractivity contribution in [1.29, 1.82) is 0 Å². The van der Waals surface area contributed by atoms with Gasteiger partial charge in [0.05, 0.1) is 13.7 Å². The Kier molecular flexibility index (Phi) is 7.31. The van der Waals surface area contributed by atoms with Crippen LogP contribution in [0.1, 0.15) is 22.8 Å². The first-order valence-corrected chi connectivity index (χ1v) is 9.57. The van der Waals surface area contributed by atoms with E-state index in [0.29, 0.717) is 35.2 Å². The molecule has 158 valence electrons. The molecule has 3 rings (SSSR count). The van der Waals surface area contributed by atoms with E-state index in [1.165, 1.54) is 6.92 Å². The zero-order valence-corrected chi connectivity index (χ0v) is 17.3. The van der Waals surface area contributed by atoms with Gasteiger partial charge in [-0.25, -0.2) is 4.99 Å². The Morgan fingerprint density at radius 2 is 1.71 bits per heavy atom. The van der Waals surface area contributed by atoms with Crippen molar-refractivity contribution in [3.63, 3.8) is 0 Å². The van der Waals surface area contributed by atoms with Crippen LogP contribution in [0.3, 0.4) is 0 Å². The number of anilines is 2. The summed E-state index contributed by atoms with van der Waals surface area (Å²) in [7, 11) is 1.59. The van der Waals surface area contributed by atoms with Crippen molar-refractivity contribution in [2.75, 3.05) is 17.7 Å². The lowest BCUT2D eigenvalue weighted by Crippen LogP contribution is -2.36. The number of guanidine groups is 1. The van der Waals surface area contributed by atoms with Gasteiger partial charge in [0, 0.05) is 42.3 Å². The van der Waals surface area contributed by atoms with Crippen molar-refractivity contribution in [3.05, 3.63) is 84.2 Å². The van der Waals surface area contributed by atoms with Gasteiger partial charge in [-0.2, -0.15) is 0 Å². The third kappa shape index (κ3) is 6.67. The van der Waals surface area contributed by atoms with E-state index in [9.17, 15) is 9.59 Å². The summed E-state index contributed by atoms with van der Waals surface area (Å²) in [6.45, 7) is 1.78. The van der Waals surface area contributed by atoms with Gasteiger partial charge in [0.1, 0.15) is 5.75 Å². The second-order valence-electron chi connectivity index (χ2n) is 6.59. The minimum atomic E-state index is -0.335. The molecule has 0 saturated carbocycles. The average Bonchev–Trinajstić information content (AvgIpc) is 2.78. The number of methoxy groups -OCH3 is 1. The highest BCUT2D eigenvalue weighted by Crippen LogP contribution is 2.17. The highest BCUT2D eigenvalue weighted by atomic mass is 16.5. The molecule has 0 atom stereocenters. The minimum Gasteiger partial charge on any atom is -0.497 e. The third-order valence-corrected chi connectivity index (χ3v) is 4.20. The van der Waals surface area contributed by atoms with Gasteiger partial charge < -0.3 is 15.4 Å². The van der Waals surface area contributed by atoms with Crippen LogP contribution < -0.4 is 20.7 Å². The first kappa shape index (κ1) is 21.5. The van der Waals surface area contributed by atoms with E-state index >= 15 is 0 Å². The van der Waals surface area contributed by atoms with Crippen LogP contribution in [-0.2, 0) is 11.3 Å². The molecule has 1 aromatic heterocycles. The molecule has 0 spiro atoms. The molecule has 0 saturated heterocycles. The molecule has 0 aliphatic rings. The fourth-order valence-corrected chi connectivity index (χ4v) is 2.69. The molecule has 0 unspecified atom stereocenters. The van der Waals surface area contributed by atoms with E-state index in [1.54, 1.807) is 49.8 Å². The molecule has 0 bridgehead atoms. The van der Waals surface area contributed by atoms with Crippen LogP contribution in [0, 0.1) is 0 Å². The number of pyridine rings is 1. The number of carbonyl (C=O) groups is 2. The number of aromatic nitrogens is 1. The van der Waals surface area contributed by atoms with Gasteiger partial charge in [0.2, 0.25) is 11.9 Å². The topological polar surface area (TPSA) is 105 Å². The van der Waals surface area contributed by atoms with Gasteiger partial charge in [-0.1, -0.05) is 6.07 Å². The first-order chi connectivity index (χ1) is 15.0. The summed E-state index contributed by atoms with van der Waals surface area (Å²) in [5.74, 6) is 0.461. The van der Waals surface area contributed by atoms with Gasteiger partial charge in [-0.15, -0.1) is 0 Å². The molecule has 0 aliphatic heterocycles. The number of benzene rings is 2. The van der Waals surface area contributed by atoms with Crippen molar-refractivity contribution in [2.45, 2.75) is 13.5 Å². The van der Waals surface area contributed by atoms with Crippen LogP contribution in [0.25, 0.3) is 0 Å². The number of carbonyl (C=O) groups excluding carboxylic acids is 2. The van der Waals surface area contributed by atoms with Gasteiger partial charge in [-0.3, -0.25) is 19.9 Å². The average molecular weight is 417 g/mol. The summed E-state index contributed by atoms with van der Waals surface area (Å²) >= 11 is 0. The zero-order valence-electron chi connectivity index (χ0n) is 17.3. The van der Waals surface area contributed by atoms with E-state index < -0.39 is 0 Å². The molecular weight excluding hydrogens is 394 g/mol. The molecule has 1 heterocycles. The lowest BCUT2D eigenvalue weighted by Gasteiger charge is -2.13. The standard InChI is InChI=1S/C23H23N5O3/c1-16(29)26-19-8-6-18(7-9-19)22(30)28-23(25-15-17-10-12-24-13-11-17)27-20-4-3-5-21(14-20)31-2/h3-14H,15H2,1-2H3,(H,26,29)(H2,25,27,28,30). The monoisotopic (exact) mass is 417 g/mol. The predicted octanol–water partition coefficient (Wildman–Crippen LogP) is 3.45. The maximum Gasteiger partial charge on any atom is 0.257 e. The van der Waals surface area contributed by atoms with E-state index in [-0.39, 0.29) is 11.8 Å². The number of nitrogens with zero attached hydrogens (tertiary/aromatic N) is 2. The Hall–Kier alpha value is -4.20. The molecule has 8 heteroatoms. The maximum absolute atomic E-state index is 12.8. The van der Waals surface area contributed by atoms with Gasteiger partial charge in [-0.05, 0) is 54.1 Å². The molecule has 3 N–H and O–H groups in total. The summed E-state index contributed by atoms with van der Waals surface area (Å²) in [6, 6.07) is 17.6. The first-order valence-electron chi connectivity index (χ1n) is 9.57. The van der Waals surface area contributed by atoms with Crippen molar-refractivity contribution < 1.29 is 14.3 Å². The highest BCUT2D eigenvalue weighted by molar-refractivity contribution is 6.10. The quantitative estimate of drug-likeness (QED) is 0.421. The number of aliphatic imine (C=N–C) groups is 1. The Morgan fingerprint density at radius 3 is 2.39 bits per heavy atom. The fraction of sp³-hybridized carbons (Fsp3) is 0.130. The SMILES string of the molecule is COc1cccc(NC(=NCc2ccncc2)NC(=O)c2ccc(NC(C)=O)cc2)c1. The molecule has 2 amide bonds. The molecular formula is C23H23N5O3. The van der Waals surface area contributed by atoms with E-state index in [2.05, 4.69) is 25.9 Å². The highest BCUT2D eigenvalue weighted by Gasteiger charge is 2.10. The fourth-order valence-electron chi connectivity index (χ4n) is 2.69. The Balaban J connectivity index is 1.77. The van der Waals surface area contributed by atoms with Crippen molar-refractivity contribution in [2.24, 2.45) is 4.99 Å². The third-order valence-electron chi connectivity index (χ3n) is 4.20. The summed E-state index contributed by atoms with van der Waals surface area (Å²) in [4.78, 5) is 32.4. The normalized spacial score (nSPS) is 10.8. The van der Waals surface area contributed by atoms with E-state index in [1.807, 2.05) is 30.3 Å². The minimum absolute atomic E-state index is 0.176. The van der Waals surface area contributed by atoms with Crippen LogP contribution in [0.2, 0.25) is 0 Å². The van der Waals surface area contributed by atoms with Crippen LogP contribution in [-0.4, -0.2) is 29.9 Å². The summed E-state index contributed by atoms with van der Waals surface area (Å²) in [6.07, 6.45) is 3.38. The second kappa shape index (κ2) is 10.5. The Bertz CT molecular complexity index is 1070. The van der Waals surface area contributed by atoms with Crippen molar-refractivity contribution in [1.82, 2.24) is 10.3 Å². The number of ether oxygens (including phenoxy) is 1. The lowest BCUT2D eigenvalue weighted by atomic mass is 10.2. The van der Waals surface area contributed by atoms with Crippen molar-refractivity contribution in [3.8, 4) is 5.75 Å². The van der Waals surface area contributed by atoms with Gasteiger partial charge in [0.25, 0.3) is 5.91 Å². The van der Waals surface area contributed by atoms with Crippen LogP contribution in [0.4, 0.5) is 11.4 Å². The summed E-state index contributed by atoms with van der Waals surface area (Å²) < 4.78 is 5.25. The number of hydrogen-bond donors (Lipinski definition) is 3. The number of amides is 2. The molecule has 0 fully saturated rings. The lowest BCUT2D eigenvalue weighted by molar-refractivity contribution is -0.114. The summed E-state index contributed by atoms with van der Waals surface area (Å²) in [5.41, 5.74) is 2.71. The van der Waals surface area contributed by atoms with Crippen LogP contribution in [0.5, 0.6) is 5.75 Å². The molecule has 3 aromatic rings. The molecule has 31 heavy (non-hydrogen) atoms. The largest absolute Gasteiger partial charge is 0.497 e. The van der Waals surface area contributed by atoms with Gasteiger partial charge >= 0.3 is 0 Å². The van der Waals surface area contributed by atoms with E-state index in [4.69, 9.17) is 4.74 Å². The molecule has 0 radical (unpaired) electrons. The number of hydrogen-bond acceptors (Lipinski definition) is 5. The van der Waals surface area contributed by atoms with Crippen LogP contribution in [0.15, 0.2) is 78.0 Å². The predicted molar refractivity (Wildman–Crippen MR) is 120 cm³/mol. The molecule has 0 aliphatic carbocycles.